The number of hydrogen-bond donors (Lipinski definition) is 2. The van der Waals surface area contributed by atoms with E-state index in [1.807, 2.05) is 32.3 Å². The molecule has 122 valence electrons. The van der Waals surface area contributed by atoms with Gasteiger partial charge in [0, 0.05) is 32.5 Å². The van der Waals surface area contributed by atoms with Crippen LogP contribution in [0, 0.1) is 0 Å². The highest BCUT2D eigenvalue weighted by atomic mass is 15.2. The smallest absolute Gasteiger partial charge is 0.191 e. The van der Waals surface area contributed by atoms with Gasteiger partial charge in [-0.15, -0.1) is 0 Å². The van der Waals surface area contributed by atoms with Crippen LogP contribution in [0.1, 0.15) is 18.2 Å². The number of aliphatic imine (C=N–C) groups is 1. The van der Waals surface area contributed by atoms with Gasteiger partial charge in [0.25, 0.3) is 0 Å². The Morgan fingerprint density at radius 2 is 1.87 bits per heavy atom. The lowest BCUT2D eigenvalue weighted by Crippen LogP contribution is -2.36. The Kier molecular flexibility index (Phi) is 6.41. The first-order valence-corrected chi connectivity index (χ1v) is 7.87. The Balaban J connectivity index is 1.95. The largest absolute Gasteiger partial charge is 0.378 e. The first-order chi connectivity index (χ1) is 11.2. The highest BCUT2D eigenvalue weighted by Crippen LogP contribution is 2.12. The number of aromatic nitrogens is 1. The van der Waals surface area contributed by atoms with Gasteiger partial charge < -0.3 is 15.5 Å². The molecule has 0 aliphatic heterocycles. The molecule has 0 atom stereocenters. The third-order valence-corrected chi connectivity index (χ3v) is 3.38. The molecule has 0 saturated carbocycles. The van der Waals surface area contributed by atoms with Gasteiger partial charge in [0.05, 0.1) is 18.8 Å². The zero-order valence-corrected chi connectivity index (χ0v) is 14.1. The molecule has 2 aromatic rings. The molecule has 1 heterocycles. The van der Waals surface area contributed by atoms with Crippen molar-refractivity contribution >= 4 is 11.6 Å². The van der Waals surface area contributed by atoms with E-state index in [0.29, 0.717) is 13.1 Å². The van der Waals surface area contributed by atoms with Crippen LogP contribution in [0.4, 0.5) is 5.69 Å². The second kappa shape index (κ2) is 8.78. The normalized spacial score (nSPS) is 11.2. The van der Waals surface area contributed by atoms with Crippen molar-refractivity contribution < 1.29 is 0 Å². The number of nitrogens with zero attached hydrogens (tertiary/aromatic N) is 3. The van der Waals surface area contributed by atoms with Crippen LogP contribution in [0.2, 0.25) is 0 Å². The molecule has 0 aliphatic carbocycles. The van der Waals surface area contributed by atoms with Gasteiger partial charge in [-0.1, -0.05) is 18.2 Å². The molecule has 1 aromatic carbocycles. The Morgan fingerprint density at radius 3 is 2.48 bits per heavy atom. The summed E-state index contributed by atoms with van der Waals surface area (Å²) in [4.78, 5) is 11.0. The third kappa shape index (κ3) is 5.62. The third-order valence-electron chi connectivity index (χ3n) is 3.38. The summed E-state index contributed by atoms with van der Waals surface area (Å²) in [5.74, 6) is 0.801. The van der Waals surface area contributed by atoms with Gasteiger partial charge in [0.15, 0.2) is 5.96 Å². The Hall–Kier alpha value is -2.56. The minimum atomic E-state index is 0.644. The van der Waals surface area contributed by atoms with Crippen LogP contribution in [0.25, 0.3) is 0 Å². The van der Waals surface area contributed by atoms with Gasteiger partial charge in [-0.2, -0.15) is 0 Å². The number of anilines is 1. The predicted octanol–water partition coefficient (Wildman–Crippen LogP) is 2.40. The maximum absolute atomic E-state index is 4.63. The number of nitrogens with one attached hydrogen (secondary N) is 2. The predicted molar refractivity (Wildman–Crippen MR) is 96.7 cm³/mol. The van der Waals surface area contributed by atoms with E-state index < -0.39 is 0 Å². The van der Waals surface area contributed by atoms with Crippen molar-refractivity contribution in [2.75, 3.05) is 25.5 Å². The maximum Gasteiger partial charge on any atom is 0.191 e. The number of rotatable bonds is 6. The quantitative estimate of drug-likeness (QED) is 0.635. The molecule has 2 rings (SSSR count). The summed E-state index contributed by atoms with van der Waals surface area (Å²) in [7, 11) is 4.08. The molecular formula is C18H25N5. The zero-order chi connectivity index (χ0) is 16.5. The van der Waals surface area contributed by atoms with Crippen molar-refractivity contribution in [3.8, 4) is 0 Å². The molecule has 0 aliphatic rings. The van der Waals surface area contributed by atoms with Crippen molar-refractivity contribution in [2.24, 2.45) is 4.99 Å². The fraction of sp³-hybridized carbons (Fsp3) is 0.333. The molecule has 2 N–H and O–H groups in total. The Morgan fingerprint density at radius 1 is 1.09 bits per heavy atom. The van der Waals surface area contributed by atoms with E-state index in [0.717, 1.165) is 18.2 Å². The van der Waals surface area contributed by atoms with Crippen molar-refractivity contribution in [1.82, 2.24) is 15.6 Å². The molecule has 0 bridgehead atoms. The highest BCUT2D eigenvalue weighted by Gasteiger charge is 2.00. The van der Waals surface area contributed by atoms with E-state index in [-0.39, 0.29) is 0 Å². The number of guanidine groups is 1. The summed E-state index contributed by atoms with van der Waals surface area (Å²) in [6.07, 6.45) is 1.80. The molecule has 23 heavy (non-hydrogen) atoms. The van der Waals surface area contributed by atoms with Crippen LogP contribution in [0.3, 0.4) is 0 Å². The van der Waals surface area contributed by atoms with Gasteiger partial charge in [0.1, 0.15) is 0 Å². The van der Waals surface area contributed by atoms with E-state index in [2.05, 4.69) is 56.7 Å². The summed E-state index contributed by atoms with van der Waals surface area (Å²) in [6, 6.07) is 14.3. The van der Waals surface area contributed by atoms with E-state index in [1.54, 1.807) is 6.20 Å². The second-order valence-corrected chi connectivity index (χ2v) is 5.43. The lowest BCUT2D eigenvalue weighted by Gasteiger charge is -2.13. The minimum Gasteiger partial charge on any atom is -0.378 e. The van der Waals surface area contributed by atoms with Gasteiger partial charge in [0.2, 0.25) is 0 Å². The molecule has 0 amide bonds. The first kappa shape index (κ1) is 16.8. The SMILES string of the molecule is CCNC(=NCc1ccc(N(C)C)cc1)NCc1ccccn1. The zero-order valence-electron chi connectivity index (χ0n) is 14.1. The van der Waals surface area contributed by atoms with E-state index in [9.17, 15) is 0 Å². The monoisotopic (exact) mass is 311 g/mol. The van der Waals surface area contributed by atoms with Crippen molar-refractivity contribution in [1.29, 1.82) is 0 Å². The first-order valence-electron chi connectivity index (χ1n) is 7.87. The average Bonchev–Trinajstić information content (AvgIpc) is 2.58. The van der Waals surface area contributed by atoms with Gasteiger partial charge >= 0.3 is 0 Å². The minimum absolute atomic E-state index is 0.644. The van der Waals surface area contributed by atoms with Crippen molar-refractivity contribution in [3.63, 3.8) is 0 Å². The second-order valence-electron chi connectivity index (χ2n) is 5.43. The standard InChI is InChI=1S/C18H25N5/c1-4-19-18(22-14-16-7-5-6-12-20-16)21-13-15-8-10-17(11-9-15)23(2)3/h5-12H,4,13-14H2,1-3H3,(H2,19,21,22). The maximum atomic E-state index is 4.63. The molecule has 0 radical (unpaired) electrons. The van der Waals surface area contributed by atoms with Crippen LogP contribution in [-0.4, -0.2) is 31.6 Å². The highest BCUT2D eigenvalue weighted by molar-refractivity contribution is 5.79. The number of hydrogen-bond acceptors (Lipinski definition) is 3. The Bertz CT molecular complexity index is 605. The lowest BCUT2D eigenvalue weighted by atomic mass is 10.2. The lowest BCUT2D eigenvalue weighted by molar-refractivity contribution is 0.799. The summed E-state index contributed by atoms with van der Waals surface area (Å²) in [5.41, 5.74) is 3.37. The van der Waals surface area contributed by atoms with E-state index >= 15 is 0 Å². The molecular weight excluding hydrogens is 286 g/mol. The molecule has 1 aromatic heterocycles. The fourth-order valence-corrected chi connectivity index (χ4v) is 2.09. The van der Waals surface area contributed by atoms with Crippen LogP contribution in [0.15, 0.2) is 53.7 Å². The molecule has 0 unspecified atom stereocenters. The van der Waals surface area contributed by atoms with Crippen LogP contribution in [-0.2, 0) is 13.1 Å². The van der Waals surface area contributed by atoms with E-state index in [1.165, 1.54) is 11.3 Å². The molecule has 5 heteroatoms. The van der Waals surface area contributed by atoms with Crippen molar-refractivity contribution in [3.05, 3.63) is 59.9 Å². The molecule has 0 spiro atoms. The van der Waals surface area contributed by atoms with Crippen molar-refractivity contribution in [2.45, 2.75) is 20.0 Å². The number of pyridine rings is 1. The molecule has 0 fully saturated rings. The summed E-state index contributed by atoms with van der Waals surface area (Å²) < 4.78 is 0. The topological polar surface area (TPSA) is 52.6 Å². The summed E-state index contributed by atoms with van der Waals surface area (Å²) in [5, 5.41) is 6.56. The van der Waals surface area contributed by atoms with Crippen LogP contribution in [0.5, 0.6) is 0 Å². The van der Waals surface area contributed by atoms with E-state index in [4.69, 9.17) is 0 Å². The van der Waals surface area contributed by atoms with Gasteiger partial charge in [-0.05, 0) is 36.8 Å². The van der Waals surface area contributed by atoms with Crippen LogP contribution >= 0.6 is 0 Å². The average molecular weight is 311 g/mol. The summed E-state index contributed by atoms with van der Waals surface area (Å²) >= 11 is 0. The fourth-order valence-electron chi connectivity index (χ4n) is 2.09. The van der Waals surface area contributed by atoms with Gasteiger partial charge in [-0.3, -0.25) is 4.98 Å². The Labute approximate surface area is 138 Å². The van der Waals surface area contributed by atoms with Gasteiger partial charge in [-0.25, -0.2) is 4.99 Å². The molecule has 5 nitrogen and oxygen atoms in total. The molecule has 0 saturated heterocycles. The van der Waals surface area contributed by atoms with Crippen LogP contribution < -0.4 is 15.5 Å². The number of benzene rings is 1. The summed E-state index contributed by atoms with van der Waals surface area (Å²) in [6.45, 7) is 4.19.